The maximum absolute atomic E-state index is 5.94. The molecule has 0 N–H and O–H groups in total. The topological polar surface area (TPSA) is 29.0 Å². The average molecular weight is 232 g/mol. The van der Waals surface area contributed by atoms with Crippen molar-refractivity contribution >= 4 is 29.1 Å². The maximum Gasteiger partial charge on any atom is 0.187 e. The predicted molar refractivity (Wildman–Crippen MR) is 60.1 cm³/mol. The Morgan fingerprint density at radius 2 is 1.93 bits per heavy atom. The summed E-state index contributed by atoms with van der Waals surface area (Å²) in [5.41, 5.74) is 0.465. The lowest BCUT2D eigenvalue weighted by Crippen LogP contribution is -2.37. The molecule has 0 amide bonds. The molecule has 1 aliphatic rings. The van der Waals surface area contributed by atoms with Crippen molar-refractivity contribution < 1.29 is 0 Å². The van der Waals surface area contributed by atoms with Crippen molar-refractivity contribution in [3.8, 4) is 0 Å². The lowest BCUT2D eigenvalue weighted by atomic mass is 9.83. The van der Waals surface area contributed by atoms with Gasteiger partial charge in [-0.3, -0.25) is 0 Å². The molecule has 1 aromatic rings. The van der Waals surface area contributed by atoms with Gasteiger partial charge in [-0.05, 0) is 18.3 Å². The third-order valence-corrected chi connectivity index (χ3v) is 3.72. The molecule has 5 heteroatoms. The van der Waals surface area contributed by atoms with Crippen molar-refractivity contribution in [2.45, 2.75) is 26.7 Å². The first kappa shape index (κ1) is 10.2. The van der Waals surface area contributed by atoms with Gasteiger partial charge in [0, 0.05) is 13.1 Å². The SMILES string of the molecule is CC1(C)CCN(c2nsnc2Cl)CC1. The number of hydrogen-bond acceptors (Lipinski definition) is 4. The molecule has 2 rings (SSSR count). The highest BCUT2D eigenvalue weighted by Crippen LogP contribution is 2.33. The zero-order valence-corrected chi connectivity index (χ0v) is 10.0. The molecule has 3 nitrogen and oxygen atoms in total. The smallest absolute Gasteiger partial charge is 0.187 e. The number of piperidine rings is 1. The third-order valence-electron chi connectivity index (χ3n) is 2.85. The Balaban J connectivity index is 2.06. The first-order valence-electron chi connectivity index (χ1n) is 4.81. The molecule has 1 aromatic heterocycles. The molecule has 0 atom stereocenters. The van der Waals surface area contributed by atoms with Gasteiger partial charge in [0.15, 0.2) is 11.0 Å². The van der Waals surface area contributed by atoms with E-state index in [1.54, 1.807) is 0 Å². The maximum atomic E-state index is 5.94. The zero-order chi connectivity index (χ0) is 10.2. The average Bonchev–Trinajstić information content (AvgIpc) is 2.52. The first-order chi connectivity index (χ1) is 6.58. The fourth-order valence-corrected chi connectivity index (χ4v) is 2.46. The van der Waals surface area contributed by atoms with Gasteiger partial charge in [0.05, 0.1) is 11.7 Å². The number of anilines is 1. The summed E-state index contributed by atoms with van der Waals surface area (Å²) < 4.78 is 8.19. The first-order valence-corrected chi connectivity index (χ1v) is 5.92. The highest BCUT2D eigenvalue weighted by molar-refractivity contribution is 6.99. The van der Waals surface area contributed by atoms with Crippen LogP contribution in [0.25, 0.3) is 0 Å². The van der Waals surface area contributed by atoms with Crippen LogP contribution in [0.15, 0.2) is 0 Å². The van der Waals surface area contributed by atoms with E-state index >= 15 is 0 Å². The van der Waals surface area contributed by atoms with Crippen LogP contribution in [-0.4, -0.2) is 21.8 Å². The molecule has 78 valence electrons. The second-order valence-electron chi connectivity index (χ2n) is 4.53. The van der Waals surface area contributed by atoms with Crippen LogP contribution in [0.4, 0.5) is 5.82 Å². The van der Waals surface area contributed by atoms with Crippen molar-refractivity contribution in [1.29, 1.82) is 0 Å². The molecule has 1 saturated heterocycles. The van der Waals surface area contributed by atoms with E-state index < -0.39 is 0 Å². The molecule has 2 heterocycles. The second-order valence-corrected chi connectivity index (χ2v) is 5.42. The Bertz CT molecular complexity index is 314. The van der Waals surface area contributed by atoms with E-state index in [9.17, 15) is 0 Å². The Morgan fingerprint density at radius 1 is 1.29 bits per heavy atom. The van der Waals surface area contributed by atoms with E-state index in [2.05, 4.69) is 27.5 Å². The van der Waals surface area contributed by atoms with Crippen LogP contribution in [0.1, 0.15) is 26.7 Å². The van der Waals surface area contributed by atoms with Crippen LogP contribution in [0, 0.1) is 5.41 Å². The molecule has 0 bridgehead atoms. The summed E-state index contributed by atoms with van der Waals surface area (Å²) >= 11 is 7.13. The second kappa shape index (κ2) is 3.66. The van der Waals surface area contributed by atoms with Crippen molar-refractivity contribution in [3.63, 3.8) is 0 Å². The summed E-state index contributed by atoms with van der Waals surface area (Å²) in [4.78, 5) is 2.23. The predicted octanol–water partition coefficient (Wildman–Crippen LogP) is 2.82. The van der Waals surface area contributed by atoms with Gasteiger partial charge in [0.1, 0.15) is 0 Å². The minimum absolute atomic E-state index is 0.465. The van der Waals surface area contributed by atoms with E-state index in [4.69, 9.17) is 11.6 Å². The molecule has 0 radical (unpaired) electrons. The van der Waals surface area contributed by atoms with Crippen molar-refractivity contribution in [2.24, 2.45) is 5.41 Å². The summed E-state index contributed by atoms with van der Waals surface area (Å²) in [6, 6.07) is 0. The van der Waals surface area contributed by atoms with E-state index in [-0.39, 0.29) is 0 Å². The zero-order valence-electron chi connectivity index (χ0n) is 8.46. The van der Waals surface area contributed by atoms with E-state index in [0.29, 0.717) is 10.6 Å². The molecule has 14 heavy (non-hydrogen) atoms. The standard InChI is InChI=1S/C9H14ClN3S/c1-9(2)3-5-13(6-4-9)8-7(10)11-14-12-8/h3-6H2,1-2H3. The monoisotopic (exact) mass is 231 g/mol. The fraction of sp³-hybridized carbons (Fsp3) is 0.778. The summed E-state index contributed by atoms with van der Waals surface area (Å²) in [5.74, 6) is 0.868. The number of nitrogens with zero attached hydrogens (tertiary/aromatic N) is 3. The highest BCUT2D eigenvalue weighted by atomic mass is 35.5. The van der Waals surface area contributed by atoms with Crippen molar-refractivity contribution in [3.05, 3.63) is 5.15 Å². The summed E-state index contributed by atoms with van der Waals surface area (Å²) in [5, 5.41) is 0.551. The number of aromatic nitrogens is 2. The Hall–Kier alpha value is -0.350. The molecule has 1 aliphatic heterocycles. The molecule has 0 spiro atoms. The normalized spacial score (nSPS) is 21.2. The third kappa shape index (κ3) is 2.01. The number of hydrogen-bond donors (Lipinski definition) is 0. The van der Waals surface area contributed by atoms with Gasteiger partial charge in [0.2, 0.25) is 0 Å². The molecular weight excluding hydrogens is 218 g/mol. The Morgan fingerprint density at radius 3 is 2.43 bits per heavy atom. The minimum Gasteiger partial charge on any atom is -0.353 e. The van der Waals surface area contributed by atoms with Gasteiger partial charge in [-0.15, -0.1) is 0 Å². The lowest BCUT2D eigenvalue weighted by Gasteiger charge is -2.36. The van der Waals surface area contributed by atoms with Crippen LogP contribution in [0.2, 0.25) is 5.15 Å². The number of rotatable bonds is 1. The van der Waals surface area contributed by atoms with Gasteiger partial charge in [-0.1, -0.05) is 25.4 Å². The van der Waals surface area contributed by atoms with Gasteiger partial charge >= 0.3 is 0 Å². The molecule has 0 saturated carbocycles. The van der Waals surface area contributed by atoms with Gasteiger partial charge in [0.25, 0.3) is 0 Å². The van der Waals surface area contributed by atoms with Gasteiger partial charge in [-0.25, -0.2) is 0 Å². The summed E-state index contributed by atoms with van der Waals surface area (Å²) in [6.07, 6.45) is 2.39. The molecule has 0 unspecified atom stereocenters. The van der Waals surface area contributed by atoms with E-state index in [1.165, 1.54) is 24.6 Å². The van der Waals surface area contributed by atoms with Crippen molar-refractivity contribution in [1.82, 2.24) is 8.75 Å². The summed E-state index contributed by atoms with van der Waals surface area (Å²) in [7, 11) is 0. The van der Waals surface area contributed by atoms with Crippen LogP contribution < -0.4 is 4.90 Å². The lowest BCUT2D eigenvalue weighted by molar-refractivity contribution is 0.279. The number of halogens is 1. The van der Waals surface area contributed by atoms with Crippen LogP contribution >= 0.6 is 23.3 Å². The Kier molecular flexibility index (Phi) is 2.66. The van der Waals surface area contributed by atoms with Gasteiger partial charge < -0.3 is 4.90 Å². The molecule has 0 aromatic carbocycles. The fourth-order valence-electron chi connectivity index (χ4n) is 1.69. The van der Waals surface area contributed by atoms with E-state index in [0.717, 1.165) is 18.9 Å². The highest BCUT2D eigenvalue weighted by Gasteiger charge is 2.27. The van der Waals surface area contributed by atoms with Crippen LogP contribution in [-0.2, 0) is 0 Å². The molecule has 0 aliphatic carbocycles. The van der Waals surface area contributed by atoms with E-state index in [1.807, 2.05) is 0 Å². The van der Waals surface area contributed by atoms with Gasteiger partial charge in [-0.2, -0.15) is 8.75 Å². The Labute approximate surface area is 93.4 Å². The largest absolute Gasteiger partial charge is 0.353 e. The minimum atomic E-state index is 0.465. The summed E-state index contributed by atoms with van der Waals surface area (Å²) in [6.45, 7) is 6.70. The molecular formula is C9H14ClN3S. The molecule has 1 fully saturated rings. The van der Waals surface area contributed by atoms with Crippen LogP contribution in [0.3, 0.4) is 0 Å². The van der Waals surface area contributed by atoms with Crippen molar-refractivity contribution in [2.75, 3.05) is 18.0 Å². The van der Waals surface area contributed by atoms with Crippen LogP contribution in [0.5, 0.6) is 0 Å². The quantitative estimate of drug-likeness (QED) is 0.744.